The normalized spacial score (nSPS) is 30.2. The van der Waals surface area contributed by atoms with Crippen LogP contribution in [0.15, 0.2) is 0 Å². The molecule has 2 atom stereocenters. The molecule has 0 aromatic rings. The Hall–Kier alpha value is -0.0800. The molecule has 1 aliphatic heterocycles. The maximum absolute atomic E-state index is 5.69. The molecule has 0 radical (unpaired) electrons. The quantitative estimate of drug-likeness (QED) is 0.730. The highest BCUT2D eigenvalue weighted by molar-refractivity contribution is 4.79. The topological polar surface area (TPSA) is 21.3 Å². The van der Waals surface area contributed by atoms with Gasteiger partial charge in [0.15, 0.2) is 0 Å². The lowest BCUT2D eigenvalue weighted by molar-refractivity contribution is 0.0154. The van der Waals surface area contributed by atoms with Crippen LogP contribution in [0.25, 0.3) is 0 Å². The number of ether oxygens (including phenoxy) is 1. The van der Waals surface area contributed by atoms with E-state index in [4.69, 9.17) is 4.74 Å². The van der Waals surface area contributed by atoms with Crippen molar-refractivity contribution in [2.24, 2.45) is 5.92 Å². The van der Waals surface area contributed by atoms with Gasteiger partial charge in [-0.3, -0.25) is 0 Å². The average Bonchev–Trinajstić information content (AvgIpc) is 3.00. The molecule has 2 nitrogen and oxygen atoms in total. The summed E-state index contributed by atoms with van der Waals surface area (Å²) in [5.74, 6) is 1.03. The van der Waals surface area contributed by atoms with E-state index in [-0.39, 0.29) is 0 Å². The zero-order chi connectivity index (χ0) is 9.80. The van der Waals surface area contributed by atoms with Crippen LogP contribution in [0.2, 0.25) is 0 Å². The Morgan fingerprint density at radius 3 is 2.79 bits per heavy atom. The molecule has 1 saturated heterocycles. The van der Waals surface area contributed by atoms with E-state index in [2.05, 4.69) is 12.2 Å². The van der Waals surface area contributed by atoms with Crippen molar-refractivity contribution < 1.29 is 4.74 Å². The predicted molar refractivity (Wildman–Crippen MR) is 58.4 cm³/mol. The Morgan fingerprint density at radius 2 is 2.14 bits per heavy atom. The molecule has 14 heavy (non-hydrogen) atoms. The zero-order valence-electron chi connectivity index (χ0n) is 9.30. The van der Waals surface area contributed by atoms with Crippen molar-refractivity contribution in [2.45, 2.75) is 57.6 Å². The molecule has 2 heteroatoms. The lowest BCUT2D eigenvalue weighted by atomic mass is 10.1. The van der Waals surface area contributed by atoms with Gasteiger partial charge in [0, 0.05) is 19.2 Å². The fourth-order valence-corrected chi connectivity index (χ4v) is 2.24. The van der Waals surface area contributed by atoms with Crippen molar-refractivity contribution in [3.63, 3.8) is 0 Å². The van der Waals surface area contributed by atoms with Gasteiger partial charge in [-0.05, 0) is 38.5 Å². The Labute approximate surface area is 87.4 Å². The molecule has 0 aromatic heterocycles. The first kappa shape index (κ1) is 10.4. The summed E-state index contributed by atoms with van der Waals surface area (Å²) in [4.78, 5) is 0. The van der Waals surface area contributed by atoms with Crippen molar-refractivity contribution in [2.75, 3.05) is 13.2 Å². The van der Waals surface area contributed by atoms with Gasteiger partial charge in [-0.15, -0.1) is 0 Å². The minimum Gasteiger partial charge on any atom is -0.377 e. The molecule has 1 N–H and O–H groups in total. The predicted octanol–water partition coefficient (Wildman–Crippen LogP) is 2.33. The summed E-state index contributed by atoms with van der Waals surface area (Å²) in [5, 5.41) is 3.60. The Kier molecular flexibility index (Phi) is 3.82. The summed E-state index contributed by atoms with van der Waals surface area (Å²) in [6, 6.07) is 0.688. The summed E-state index contributed by atoms with van der Waals surface area (Å²) >= 11 is 0. The summed E-state index contributed by atoms with van der Waals surface area (Å²) in [7, 11) is 0. The molecule has 2 fully saturated rings. The SMILES string of the molecule is CC(CC1CC1)NCC1CCCCO1. The summed E-state index contributed by atoms with van der Waals surface area (Å²) in [6.45, 7) is 4.35. The smallest absolute Gasteiger partial charge is 0.0699 e. The van der Waals surface area contributed by atoms with E-state index in [0.29, 0.717) is 12.1 Å². The lowest BCUT2D eigenvalue weighted by Gasteiger charge is -2.24. The van der Waals surface area contributed by atoms with Crippen LogP contribution in [-0.4, -0.2) is 25.3 Å². The number of rotatable bonds is 5. The van der Waals surface area contributed by atoms with Crippen LogP contribution in [-0.2, 0) is 4.74 Å². The van der Waals surface area contributed by atoms with Gasteiger partial charge >= 0.3 is 0 Å². The van der Waals surface area contributed by atoms with Crippen molar-refractivity contribution in [1.29, 1.82) is 0 Å². The third-order valence-corrected chi connectivity index (χ3v) is 3.35. The first-order chi connectivity index (χ1) is 6.84. The van der Waals surface area contributed by atoms with Crippen LogP contribution in [0.3, 0.4) is 0 Å². The van der Waals surface area contributed by atoms with Gasteiger partial charge in [-0.2, -0.15) is 0 Å². The zero-order valence-corrected chi connectivity index (χ0v) is 9.30. The highest BCUT2D eigenvalue weighted by Crippen LogP contribution is 2.33. The second-order valence-corrected chi connectivity index (χ2v) is 4.98. The molecule has 2 rings (SSSR count). The molecule has 0 aromatic carbocycles. The molecule has 0 bridgehead atoms. The van der Waals surface area contributed by atoms with Crippen LogP contribution >= 0.6 is 0 Å². The monoisotopic (exact) mass is 197 g/mol. The minimum absolute atomic E-state index is 0.491. The van der Waals surface area contributed by atoms with Crippen LogP contribution in [0.5, 0.6) is 0 Å². The lowest BCUT2D eigenvalue weighted by Crippen LogP contribution is -2.36. The number of nitrogens with one attached hydrogen (secondary N) is 1. The fourth-order valence-electron chi connectivity index (χ4n) is 2.24. The molecule has 0 amide bonds. The second-order valence-electron chi connectivity index (χ2n) is 4.98. The molecular weight excluding hydrogens is 174 g/mol. The maximum Gasteiger partial charge on any atom is 0.0699 e. The highest BCUT2D eigenvalue weighted by Gasteiger charge is 2.23. The third kappa shape index (κ3) is 3.58. The molecule has 1 aliphatic carbocycles. The van der Waals surface area contributed by atoms with Crippen molar-refractivity contribution in [3.8, 4) is 0 Å². The van der Waals surface area contributed by atoms with Gasteiger partial charge in [0.1, 0.15) is 0 Å². The number of hydrogen-bond donors (Lipinski definition) is 1. The first-order valence-corrected chi connectivity index (χ1v) is 6.19. The van der Waals surface area contributed by atoms with Crippen molar-refractivity contribution >= 4 is 0 Å². The largest absolute Gasteiger partial charge is 0.377 e. The molecule has 2 aliphatic rings. The standard InChI is InChI=1S/C12H23NO/c1-10(8-11-5-6-11)13-9-12-4-2-3-7-14-12/h10-13H,2-9H2,1H3. The average molecular weight is 197 g/mol. The third-order valence-electron chi connectivity index (χ3n) is 3.35. The van der Waals surface area contributed by atoms with Gasteiger partial charge in [-0.25, -0.2) is 0 Å². The minimum atomic E-state index is 0.491. The van der Waals surface area contributed by atoms with Crippen molar-refractivity contribution in [3.05, 3.63) is 0 Å². The van der Waals surface area contributed by atoms with E-state index in [1.54, 1.807) is 0 Å². The van der Waals surface area contributed by atoms with E-state index in [1.807, 2.05) is 0 Å². The van der Waals surface area contributed by atoms with E-state index in [9.17, 15) is 0 Å². The van der Waals surface area contributed by atoms with Crippen LogP contribution < -0.4 is 5.32 Å². The summed E-state index contributed by atoms with van der Waals surface area (Å²) in [6.07, 6.45) is 8.65. The molecule has 0 spiro atoms. The van der Waals surface area contributed by atoms with Crippen LogP contribution in [0.4, 0.5) is 0 Å². The summed E-state index contributed by atoms with van der Waals surface area (Å²) in [5.41, 5.74) is 0. The molecule has 1 heterocycles. The highest BCUT2D eigenvalue weighted by atomic mass is 16.5. The van der Waals surface area contributed by atoms with Gasteiger partial charge < -0.3 is 10.1 Å². The number of hydrogen-bond acceptors (Lipinski definition) is 2. The van der Waals surface area contributed by atoms with E-state index < -0.39 is 0 Å². The second kappa shape index (κ2) is 5.13. The molecule has 2 unspecified atom stereocenters. The van der Waals surface area contributed by atoms with E-state index >= 15 is 0 Å². The molecular formula is C12H23NO. The van der Waals surface area contributed by atoms with Crippen molar-refractivity contribution in [1.82, 2.24) is 5.32 Å². The maximum atomic E-state index is 5.69. The molecule has 82 valence electrons. The van der Waals surface area contributed by atoms with Gasteiger partial charge in [0.25, 0.3) is 0 Å². The Bertz CT molecular complexity index is 162. The van der Waals surface area contributed by atoms with E-state index in [0.717, 1.165) is 19.1 Å². The Balaban J connectivity index is 1.55. The Morgan fingerprint density at radius 1 is 1.29 bits per heavy atom. The van der Waals surface area contributed by atoms with Gasteiger partial charge in [0.2, 0.25) is 0 Å². The van der Waals surface area contributed by atoms with E-state index in [1.165, 1.54) is 38.5 Å². The van der Waals surface area contributed by atoms with Crippen LogP contribution in [0, 0.1) is 5.92 Å². The van der Waals surface area contributed by atoms with Gasteiger partial charge in [0.05, 0.1) is 6.10 Å². The van der Waals surface area contributed by atoms with Gasteiger partial charge in [-0.1, -0.05) is 12.8 Å². The molecule has 1 saturated carbocycles. The summed E-state index contributed by atoms with van der Waals surface area (Å²) < 4.78 is 5.69. The van der Waals surface area contributed by atoms with Crippen LogP contribution in [0.1, 0.15) is 45.4 Å². The first-order valence-electron chi connectivity index (χ1n) is 6.19. The fraction of sp³-hybridized carbons (Fsp3) is 1.00.